The Hall–Kier alpha value is -2.60. The van der Waals surface area contributed by atoms with Crippen LogP contribution in [-0.2, 0) is 7.05 Å². The lowest BCUT2D eigenvalue weighted by atomic mass is 10.1. The quantitative estimate of drug-likeness (QED) is 0.760. The summed E-state index contributed by atoms with van der Waals surface area (Å²) in [6, 6.07) is 6.84. The van der Waals surface area contributed by atoms with Crippen LogP contribution in [-0.4, -0.2) is 25.8 Å². The van der Waals surface area contributed by atoms with Crippen molar-refractivity contribution in [1.29, 1.82) is 0 Å². The second kappa shape index (κ2) is 4.75. The Morgan fingerprint density at radius 1 is 1.33 bits per heavy atom. The second-order valence-corrected chi connectivity index (χ2v) is 4.98. The van der Waals surface area contributed by atoms with Gasteiger partial charge in [-0.15, -0.1) is 0 Å². The first kappa shape index (κ1) is 13.4. The molecule has 3 rings (SSSR count). The molecular weight excluding hydrogens is 294 g/mol. The number of carboxylic acid groups (broad SMARTS) is 1. The zero-order valence-electron chi connectivity index (χ0n) is 10.9. The van der Waals surface area contributed by atoms with E-state index in [0.717, 1.165) is 0 Å². The summed E-state index contributed by atoms with van der Waals surface area (Å²) in [5.74, 6) is -1.27. The summed E-state index contributed by atoms with van der Waals surface area (Å²) in [5.41, 5.74) is 0.710. The Balaban J connectivity index is 2.38. The number of rotatable bonds is 2. The van der Waals surface area contributed by atoms with E-state index >= 15 is 0 Å². The molecule has 0 unspecified atom stereocenters. The molecule has 0 aliphatic rings. The molecule has 0 amide bonds. The van der Waals surface area contributed by atoms with Crippen LogP contribution >= 0.6 is 11.6 Å². The number of halogens is 1. The fourth-order valence-electron chi connectivity index (χ4n) is 2.21. The van der Waals surface area contributed by atoms with E-state index in [0.29, 0.717) is 21.9 Å². The number of hydrogen-bond donors (Lipinski definition) is 2. The number of hydrogen-bond acceptors (Lipinski definition) is 3. The fraction of sp³-hybridized carbons (Fsp3) is 0.0714. The summed E-state index contributed by atoms with van der Waals surface area (Å²) in [6.45, 7) is 0. The van der Waals surface area contributed by atoms with Crippen LogP contribution in [0, 0.1) is 0 Å². The summed E-state index contributed by atoms with van der Waals surface area (Å²) >= 11 is 5.85. The first-order valence-electron chi connectivity index (χ1n) is 6.06. The molecule has 0 spiro atoms. The van der Waals surface area contributed by atoms with Gasteiger partial charge in [-0.2, -0.15) is 5.10 Å². The molecule has 3 aromatic rings. The van der Waals surface area contributed by atoms with Crippen molar-refractivity contribution < 1.29 is 9.90 Å². The Labute approximate surface area is 123 Å². The summed E-state index contributed by atoms with van der Waals surface area (Å²) in [4.78, 5) is 26.3. The maximum atomic E-state index is 12.4. The number of aromatic amines is 1. The number of fused-ring (bicyclic) bond motifs is 1. The van der Waals surface area contributed by atoms with Crippen LogP contribution in [0.1, 0.15) is 10.4 Å². The standard InChI is InChI=1S/C14H10ClN3O3/c1-18-13-10(12(19)9(6-16-13)14(20)21)11(17-18)7-2-4-8(15)5-3-7/h2-6H,1H3,(H,16,19)(H,20,21). The molecule has 0 saturated heterocycles. The third-order valence-corrected chi connectivity index (χ3v) is 3.47. The van der Waals surface area contributed by atoms with Crippen molar-refractivity contribution in [2.75, 3.05) is 0 Å². The van der Waals surface area contributed by atoms with Crippen LogP contribution in [0.5, 0.6) is 0 Å². The van der Waals surface area contributed by atoms with Gasteiger partial charge in [0.15, 0.2) is 0 Å². The SMILES string of the molecule is Cn1nc(-c2ccc(Cl)cc2)c2c(=O)c(C(=O)O)c[nH]c21. The van der Waals surface area contributed by atoms with Crippen LogP contribution in [0.4, 0.5) is 0 Å². The number of nitrogens with zero attached hydrogens (tertiary/aromatic N) is 2. The lowest BCUT2D eigenvalue weighted by molar-refractivity contribution is 0.0695. The normalized spacial score (nSPS) is 11.0. The van der Waals surface area contributed by atoms with E-state index in [-0.39, 0.29) is 10.9 Å². The molecule has 106 valence electrons. The summed E-state index contributed by atoms with van der Waals surface area (Å²) < 4.78 is 1.51. The van der Waals surface area contributed by atoms with Crippen LogP contribution in [0.25, 0.3) is 22.3 Å². The Morgan fingerprint density at radius 2 is 2.00 bits per heavy atom. The highest BCUT2D eigenvalue weighted by Crippen LogP contribution is 2.25. The number of H-pyrrole nitrogens is 1. The average Bonchev–Trinajstić information content (AvgIpc) is 2.78. The molecule has 0 fully saturated rings. The van der Waals surface area contributed by atoms with Crippen LogP contribution in [0.15, 0.2) is 35.3 Å². The molecule has 0 aliphatic carbocycles. The third-order valence-electron chi connectivity index (χ3n) is 3.22. The van der Waals surface area contributed by atoms with E-state index in [1.807, 2.05) is 0 Å². The predicted octanol–water partition coefficient (Wildman–Crippen LogP) is 2.28. The number of aryl methyl sites for hydroxylation is 1. The highest BCUT2D eigenvalue weighted by molar-refractivity contribution is 6.30. The highest BCUT2D eigenvalue weighted by atomic mass is 35.5. The van der Waals surface area contributed by atoms with E-state index in [1.165, 1.54) is 10.9 Å². The third kappa shape index (κ3) is 2.09. The van der Waals surface area contributed by atoms with Gasteiger partial charge in [-0.25, -0.2) is 4.79 Å². The van der Waals surface area contributed by atoms with Gasteiger partial charge in [0, 0.05) is 23.8 Å². The molecule has 2 aromatic heterocycles. The van der Waals surface area contributed by atoms with Crippen molar-refractivity contribution in [1.82, 2.24) is 14.8 Å². The number of carbonyl (C=O) groups is 1. The molecule has 2 heterocycles. The minimum atomic E-state index is -1.27. The predicted molar refractivity (Wildman–Crippen MR) is 78.7 cm³/mol. The van der Waals surface area contributed by atoms with Crippen LogP contribution in [0.2, 0.25) is 5.02 Å². The highest BCUT2D eigenvalue weighted by Gasteiger charge is 2.19. The van der Waals surface area contributed by atoms with E-state index in [1.54, 1.807) is 31.3 Å². The van der Waals surface area contributed by atoms with Gasteiger partial charge in [-0.3, -0.25) is 9.48 Å². The second-order valence-electron chi connectivity index (χ2n) is 4.54. The molecule has 21 heavy (non-hydrogen) atoms. The number of benzene rings is 1. The molecule has 6 nitrogen and oxygen atoms in total. The molecule has 0 atom stereocenters. The minimum absolute atomic E-state index is 0.250. The number of nitrogens with one attached hydrogen (secondary N) is 1. The summed E-state index contributed by atoms with van der Waals surface area (Å²) in [7, 11) is 1.68. The maximum Gasteiger partial charge on any atom is 0.341 e. The van der Waals surface area contributed by atoms with Gasteiger partial charge in [0.1, 0.15) is 16.9 Å². The van der Waals surface area contributed by atoms with E-state index in [2.05, 4.69) is 10.1 Å². The van der Waals surface area contributed by atoms with Gasteiger partial charge >= 0.3 is 5.97 Å². The number of pyridine rings is 1. The Bertz CT molecular complexity index is 910. The fourth-order valence-corrected chi connectivity index (χ4v) is 2.34. The summed E-state index contributed by atoms with van der Waals surface area (Å²) in [5, 5.41) is 14.2. The topological polar surface area (TPSA) is 88.0 Å². The molecule has 0 saturated carbocycles. The molecule has 0 radical (unpaired) electrons. The van der Waals surface area contributed by atoms with Crippen LogP contribution in [0.3, 0.4) is 0 Å². The lowest BCUT2D eigenvalue weighted by Gasteiger charge is -1.99. The van der Waals surface area contributed by atoms with Crippen LogP contribution < -0.4 is 5.43 Å². The maximum absolute atomic E-state index is 12.4. The van der Waals surface area contributed by atoms with Crippen molar-refractivity contribution in [3.63, 3.8) is 0 Å². The van der Waals surface area contributed by atoms with E-state index in [9.17, 15) is 9.59 Å². The monoisotopic (exact) mass is 303 g/mol. The van der Waals surface area contributed by atoms with Crippen molar-refractivity contribution in [3.8, 4) is 11.3 Å². The molecule has 7 heteroatoms. The van der Waals surface area contributed by atoms with Crippen molar-refractivity contribution in [2.45, 2.75) is 0 Å². The zero-order valence-corrected chi connectivity index (χ0v) is 11.7. The minimum Gasteiger partial charge on any atom is -0.477 e. The number of aromatic nitrogens is 3. The van der Waals surface area contributed by atoms with Crippen molar-refractivity contribution >= 4 is 28.6 Å². The molecular formula is C14H10ClN3O3. The van der Waals surface area contributed by atoms with Gasteiger partial charge in [0.05, 0.1) is 5.39 Å². The molecule has 1 aromatic carbocycles. The van der Waals surface area contributed by atoms with Gasteiger partial charge in [0.25, 0.3) is 0 Å². The Kier molecular flexibility index (Phi) is 3.03. The van der Waals surface area contributed by atoms with Gasteiger partial charge in [0.2, 0.25) is 5.43 Å². The van der Waals surface area contributed by atoms with Gasteiger partial charge in [-0.1, -0.05) is 23.7 Å². The zero-order chi connectivity index (χ0) is 15.1. The molecule has 2 N–H and O–H groups in total. The molecule has 0 bridgehead atoms. The molecule has 0 aliphatic heterocycles. The average molecular weight is 304 g/mol. The lowest BCUT2D eigenvalue weighted by Crippen LogP contribution is -2.15. The van der Waals surface area contributed by atoms with Gasteiger partial charge in [-0.05, 0) is 12.1 Å². The Morgan fingerprint density at radius 3 is 2.62 bits per heavy atom. The number of aromatic carboxylic acids is 1. The van der Waals surface area contributed by atoms with Crippen molar-refractivity contribution in [3.05, 3.63) is 51.3 Å². The van der Waals surface area contributed by atoms with E-state index < -0.39 is 11.4 Å². The largest absolute Gasteiger partial charge is 0.477 e. The van der Waals surface area contributed by atoms with Gasteiger partial charge < -0.3 is 10.1 Å². The van der Waals surface area contributed by atoms with Crippen molar-refractivity contribution in [2.24, 2.45) is 7.05 Å². The van der Waals surface area contributed by atoms with E-state index in [4.69, 9.17) is 16.7 Å². The summed E-state index contributed by atoms with van der Waals surface area (Å²) in [6.07, 6.45) is 1.18. The first-order chi connectivity index (χ1) is 9.99. The first-order valence-corrected chi connectivity index (χ1v) is 6.44. The number of carboxylic acids is 1. The smallest absolute Gasteiger partial charge is 0.341 e.